The van der Waals surface area contributed by atoms with Gasteiger partial charge in [0.2, 0.25) is 0 Å². The van der Waals surface area contributed by atoms with Crippen molar-refractivity contribution < 1.29 is 28.9 Å². The molecule has 0 saturated carbocycles. The summed E-state index contributed by atoms with van der Waals surface area (Å²) in [5.41, 5.74) is 3.84. The van der Waals surface area contributed by atoms with Crippen molar-refractivity contribution in [3.05, 3.63) is 29.3 Å². The van der Waals surface area contributed by atoms with Crippen LogP contribution in [0.25, 0.3) is 0 Å². The molecule has 7 heteroatoms. The van der Waals surface area contributed by atoms with E-state index in [0.29, 0.717) is 12.1 Å². The highest BCUT2D eigenvalue weighted by atomic mass is 19.1. The third-order valence-electron chi connectivity index (χ3n) is 1.99. The maximum atomic E-state index is 13.0. The molecule has 0 heterocycles. The Morgan fingerprint density at radius 1 is 1.25 bits per heavy atom. The molecule has 2 atom stereocenters. The number of benzene rings is 1. The molecule has 0 aromatic heterocycles. The molecule has 5 N–H and O–H groups in total. The van der Waals surface area contributed by atoms with Gasteiger partial charge in [-0.25, -0.2) is 13.6 Å². The Hall–Kier alpha value is -1.73. The standard InChI is InChI=1S/C9H9F2NO4/c10-4-1-3(2-5(11)6(4)12)7(13)8(14)9(15)16/h1-2,7-8,13-14H,12H2,(H,15,16). The molecule has 0 aliphatic carbocycles. The van der Waals surface area contributed by atoms with Crippen LogP contribution in [-0.4, -0.2) is 27.4 Å². The molecule has 0 aliphatic rings. The maximum absolute atomic E-state index is 13.0. The molecule has 5 nitrogen and oxygen atoms in total. The zero-order chi connectivity index (χ0) is 12.5. The van der Waals surface area contributed by atoms with Crippen LogP contribution in [0.2, 0.25) is 0 Å². The van der Waals surface area contributed by atoms with Crippen LogP contribution in [0.3, 0.4) is 0 Å². The monoisotopic (exact) mass is 233 g/mol. The van der Waals surface area contributed by atoms with Gasteiger partial charge >= 0.3 is 5.97 Å². The van der Waals surface area contributed by atoms with Gasteiger partial charge < -0.3 is 21.1 Å². The molecule has 1 rings (SSSR count). The van der Waals surface area contributed by atoms with Crippen LogP contribution in [0, 0.1) is 11.6 Å². The van der Waals surface area contributed by atoms with Gasteiger partial charge in [0.1, 0.15) is 23.4 Å². The Bertz CT molecular complexity index is 401. The van der Waals surface area contributed by atoms with E-state index < -0.39 is 41.1 Å². The van der Waals surface area contributed by atoms with Gasteiger partial charge in [-0.1, -0.05) is 0 Å². The van der Waals surface area contributed by atoms with Gasteiger partial charge in [0.15, 0.2) is 6.10 Å². The quantitative estimate of drug-likeness (QED) is 0.551. The van der Waals surface area contributed by atoms with Crippen molar-refractivity contribution in [2.24, 2.45) is 0 Å². The van der Waals surface area contributed by atoms with Crippen LogP contribution in [0.4, 0.5) is 14.5 Å². The highest BCUT2D eigenvalue weighted by Gasteiger charge is 2.26. The lowest BCUT2D eigenvalue weighted by Crippen LogP contribution is -2.27. The van der Waals surface area contributed by atoms with E-state index in [0.717, 1.165) is 0 Å². The van der Waals surface area contributed by atoms with Gasteiger partial charge in [0, 0.05) is 0 Å². The summed E-state index contributed by atoms with van der Waals surface area (Å²) in [6.07, 6.45) is -4.09. The summed E-state index contributed by atoms with van der Waals surface area (Å²) < 4.78 is 25.9. The smallest absolute Gasteiger partial charge is 0.335 e. The van der Waals surface area contributed by atoms with Gasteiger partial charge in [-0.3, -0.25) is 0 Å². The zero-order valence-corrected chi connectivity index (χ0v) is 7.89. The normalized spacial score (nSPS) is 14.5. The number of nitrogen functional groups attached to an aromatic ring is 1. The average Bonchev–Trinajstić information content (AvgIpc) is 2.22. The third-order valence-corrected chi connectivity index (χ3v) is 1.99. The van der Waals surface area contributed by atoms with E-state index in [1.54, 1.807) is 0 Å². The van der Waals surface area contributed by atoms with E-state index in [1.807, 2.05) is 0 Å². The Kier molecular flexibility index (Phi) is 3.41. The number of carboxylic acids is 1. The number of carbonyl (C=O) groups is 1. The summed E-state index contributed by atoms with van der Waals surface area (Å²) >= 11 is 0. The van der Waals surface area contributed by atoms with Gasteiger partial charge in [0.25, 0.3) is 0 Å². The lowest BCUT2D eigenvalue weighted by molar-refractivity contribution is -0.153. The van der Waals surface area contributed by atoms with Crippen LogP contribution < -0.4 is 5.73 Å². The summed E-state index contributed by atoms with van der Waals surface area (Å²) in [6.45, 7) is 0. The molecule has 88 valence electrons. The molecule has 1 aromatic carbocycles. The van der Waals surface area contributed by atoms with E-state index in [4.69, 9.17) is 15.9 Å². The zero-order valence-electron chi connectivity index (χ0n) is 7.89. The number of anilines is 1. The van der Waals surface area contributed by atoms with Gasteiger partial charge in [-0.2, -0.15) is 0 Å². The predicted octanol–water partition coefficient (Wildman–Crippen LogP) is 0.0259. The number of hydrogen-bond acceptors (Lipinski definition) is 4. The molecule has 0 amide bonds. The first-order valence-electron chi connectivity index (χ1n) is 4.18. The van der Waals surface area contributed by atoms with E-state index in [9.17, 15) is 18.7 Å². The van der Waals surface area contributed by atoms with Gasteiger partial charge in [-0.05, 0) is 17.7 Å². The average molecular weight is 233 g/mol. The highest BCUT2D eigenvalue weighted by molar-refractivity contribution is 5.73. The minimum absolute atomic E-state index is 0.404. The SMILES string of the molecule is Nc1c(F)cc(C(O)C(O)C(=O)O)cc1F. The Balaban J connectivity index is 3.10. The molecule has 0 bridgehead atoms. The van der Waals surface area contributed by atoms with E-state index in [1.165, 1.54) is 0 Å². The van der Waals surface area contributed by atoms with Crippen molar-refractivity contribution in [3.8, 4) is 0 Å². The molecule has 0 radical (unpaired) electrons. The van der Waals surface area contributed by atoms with E-state index in [-0.39, 0.29) is 0 Å². The highest BCUT2D eigenvalue weighted by Crippen LogP contribution is 2.23. The Morgan fingerprint density at radius 3 is 2.06 bits per heavy atom. The fraction of sp³-hybridized carbons (Fsp3) is 0.222. The summed E-state index contributed by atoms with van der Waals surface area (Å²) in [6, 6.07) is 1.32. The molecule has 2 unspecified atom stereocenters. The van der Waals surface area contributed by atoms with Crippen LogP contribution in [0.1, 0.15) is 11.7 Å². The van der Waals surface area contributed by atoms with Crippen molar-refractivity contribution in [2.75, 3.05) is 5.73 Å². The molecular weight excluding hydrogens is 224 g/mol. The van der Waals surface area contributed by atoms with E-state index >= 15 is 0 Å². The van der Waals surface area contributed by atoms with Crippen LogP contribution in [0.5, 0.6) is 0 Å². The first-order valence-corrected chi connectivity index (χ1v) is 4.18. The van der Waals surface area contributed by atoms with Crippen molar-refractivity contribution >= 4 is 11.7 Å². The largest absolute Gasteiger partial charge is 0.479 e. The number of aliphatic hydroxyl groups excluding tert-OH is 2. The van der Waals surface area contributed by atoms with Gasteiger partial charge in [0.05, 0.1) is 0 Å². The molecule has 0 aliphatic heterocycles. The molecule has 16 heavy (non-hydrogen) atoms. The van der Waals surface area contributed by atoms with Crippen molar-refractivity contribution in [3.63, 3.8) is 0 Å². The van der Waals surface area contributed by atoms with Crippen molar-refractivity contribution in [1.29, 1.82) is 0 Å². The molecule has 0 spiro atoms. The summed E-state index contributed by atoms with van der Waals surface area (Å²) in [4.78, 5) is 10.3. The summed E-state index contributed by atoms with van der Waals surface area (Å²) in [7, 11) is 0. The predicted molar refractivity (Wildman–Crippen MR) is 49.4 cm³/mol. The van der Waals surface area contributed by atoms with Crippen LogP contribution >= 0.6 is 0 Å². The summed E-state index contributed by atoms with van der Waals surface area (Å²) in [5, 5.41) is 26.7. The number of aliphatic carboxylic acids is 1. The maximum Gasteiger partial charge on any atom is 0.335 e. The number of halogens is 2. The fourth-order valence-corrected chi connectivity index (χ4v) is 1.09. The first kappa shape index (κ1) is 12.3. The topological polar surface area (TPSA) is 104 Å². The van der Waals surface area contributed by atoms with Gasteiger partial charge in [-0.15, -0.1) is 0 Å². The fourth-order valence-electron chi connectivity index (χ4n) is 1.09. The number of aliphatic hydroxyl groups is 2. The van der Waals surface area contributed by atoms with Crippen LogP contribution in [-0.2, 0) is 4.79 Å². The summed E-state index contributed by atoms with van der Waals surface area (Å²) in [5.74, 6) is -3.97. The lowest BCUT2D eigenvalue weighted by Gasteiger charge is -2.15. The molecule has 0 fully saturated rings. The molecular formula is C9H9F2NO4. The first-order chi connectivity index (χ1) is 7.34. The van der Waals surface area contributed by atoms with Crippen LogP contribution in [0.15, 0.2) is 12.1 Å². The Morgan fingerprint density at radius 2 is 1.69 bits per heavy atom. The Labute approximate surface area is 88.7 Å². The van der Waals surface area contributed by atoms with Crippen molar-refractivity contribution in [2.45, 2.75) is 12.2 Å². The number of nitrogens with two attached hydrogens (primary N) is 1. The number of rotatable bonds is 3. The minimum atomic E-state index is -2.16. The molecule has 1 aromatic rings. The second-order valence-corrected chi connectivity index (χ2v) is 3.13. The van der Waals surface area contributed by atoms with Crippen molar-refractivity contribution in [1.82, 2.24) is 0 Å². The minimum Gasteiger partial charge on any atom is -0.479 e. The van der Waals surface area contributed by atoms with E-state index in [2.05, 4.69) is 0 Å². The number of carboxylic acid groups (broad SMARTS) is 1. The number of hydrogen-bond donors (Lipinski definition) is 4. The second kappa shape index (κ2) is 4.42. The lowest BCUT2D eigenvalue weighted by atomic mass is 10.0. The second-order valence-electron chi connectivity index (χ2n) is 3.13. The third kappa shape index (κ3) is 2.26. The molecule has 0 saturated heterocycles.